The third kappa shape index (κ3) is 5.53. The highest BCUT2D eigenvalue weighted by Crippen LogP contribution is 2.22. The number of hydrogen-bond donors (Lipinski definition) is 0. The van der Waals surface area contributed by atoms with Gasteiger partial charge in [-0.15, -0.1) is 0 Å². The molecule has 0 N–H and O–H groups in total. The van der Waals surface area contributed by atoms with E-state index in [0.717, 1.165) is 44.9 Å². The van der Waals surface area contributed by atoms with Gasteiger partial charge in [0, 0.05) is 23.4 Å². The average Bonchev–Trinajstić information content (AvgIpc) is 2.82. The van der Waals surface area contributed by atoms with E-state index >= 15 is 0 Å². The molecule has 1 heterocycles. The van der Waals surface area contributed by atoms with Crippen molar-refractivity contribution in [2.45, 2.75) is 64.1 Å². The van der Waals surface area contributed by atoms with E-state index in [1.807, 2.05) is 25.7 Å². The summed E-state index contributed by atoms with van der Waals surface area (Å²) in [5.74, 6) is 0. The fourth-order valence-electron chi connectivity index (χ4n) is 2.01. The Morgan fingerprint density at radius 1 is 1.47 bits per heavy atom. The van der Waals surface area contributed by atoms with Crippen LogP contribution in [0.3, 0.4) is 0 Å². The maximum atomic E-state index is 12.2. The molecule has 1 aliphatic rings. The number of rotatable bonds is 7. The topological polar surface area (TPSA) is 38.8 Å². The van der Waals surface area contributed by atoms with Gasteiger partial charge in [-0.25, -0.2) is 4.79 Å². The molecule has 1 amide bonds. The minimum Gasteiger partial charge on any atom is -0.443 e. The van der Waals surface area contributed by atoms with Gasteiger partial charge in [0.1, 0.15) is 5.60 Å². The maximum Gasteiger partial charge on any atom is 0.410 e. The first-order valence-electron chi connectivity index (χ1n) is 7.22. The van der Waals surface area contributed by atoms with Gasteiger partial charge in [0.15, 0.2) is 0 Å². The predicted octanol–water partition coefficient (Wildman–Crippen LogP) is 2.77. The van der Waals surface area contributed by atoms with Crippen LogP contribution in [0.1, 0.15) is 46.5 Å². The first-order chi connectivity index (χ1) is 9.00. The van der Waals surface area contributed by atoms with Gasteiger partial charge in [0.05, 0.1) is 12.6 Å². The Hall–Kier alpha value is -0.553. The van der Waals surface area contributed by atoms with Gasteiger partial charge in [0.25, 0.3) is 0 Å². The summed E-state index contributed by atoms with van der Waals surface area (Å²) in [6.07, 6.45) is 3.66. The second-order valence-corrected chi connectivity index (χ2v) is 6.15. The van der Waals surface area contributed by atoms with Crippen LogP contribution in [0.5, 0.6) is 0 Å². The molecule has 1 aliphatic heterocycles. The lowest BCUT2D eigenvalue weighted by atomic mass is 10.1. The summed E-state index contributed by atoms with van der Waals surface area (Å²) in [7, 11) is 3.42. The van der Waals surface area contributed by atoms with Crippen molar-refractivity contribution in [2.24, 2.45) is 0 Å². The molecule has 1 saturated heterocycles. The van der Waals surface area contributed by atoms with Crippen molar-refractivity contribution >= 4 is 16.3 Å². The van der Waals surface area contributed by atoms with E-state index in [1.54, 1.807) is 0 Å². The number of nitrogens with zero attached hydrogens (tertiary/aromatic N) is 1. The second-order valence-electron chi connectivity index (χ2n) is 5.65. The lowest BCUT2D eigenvalue weighted by Crippen LogP contribution is -2.42. The smallest absolute Gasteiger partial charge is 0.410 e. The first-order valence-corrected chi connectivity index (χ1v) is 7.93. The number of carbonyl (C=O) groups excluding carboxylic acids is 1. The molecule has 5 heteroatoms. The summed E-state index contributed by atoms with van der Waals surface area (Å²) >= 11 is 0. The molecular formula is C14H26NO3Si. The van der Waals surface area contributed by atoms with Gasteiger partial charge in [-0.3, -0.25) is 0 Å². The number of amides is 1. The normalized spacial score (nSPS) is 19.8. The molecule has 1 fully saturated rings. The summed E-state index contributed by atoms with van der Waals surface area (Å²) in [4.78, 5) is 14.0. The highest BCUT2D eigenvalue weighted by molar-refractivity contribution is 6.08. The largest absolute Gasteiger partial charge is 0.443 e. The van der Waals surface area contributed by atoms with Gasteiger partial charge in [-0.05, 0) is 39.5 Å². The molecule has 0 bridgehead atoms. The van der Waals surface area contributed by atoms with Crippen LogP contribution < -0.4 is 0 Å². The SMILES string of the molecule is CCC(C)(C)OC(=O)N1CCCC1COCCC[Si]. The van der Waals surface area contributed by atoms with Crippen molar-refractivity contribution in [3.8, 4) is 0 Å². The Bertz CT molecular complexity index is 284. The molecule has 19 heavy (non-hydrogen) atoms. The van der Waals surface area contributed by atoms with Crippen LogP contribution in [-0.4, -0.2) is 52.6 Å². The quantitative estimate of drug-likeness (QED) is 0.533. The lowest BCUT2D eigenvalue weighted by molar-refractivity contribution is -0.000123. The van der Waals surface area contributed by atoms with Crippen LogP contribution in [-0.2, 0) is 9.47 Å². The second kappa shape index (κ2) is 7.90. The van der Waals surface area contributed by atoms with E-state index in [0.29, 0.717) is 6.61 Å². The molecule has 0 aromatic rings. The van der Waals surface area contributed by atoms with Crippen molar-refractivity contribution in [1.29, 1.82) is 0 Å². The zero-order valence-corrected chi connectivity index (χ0v) is 13.4. The Balaban J connectivity index is 2.40. The average molecular weight is 284 g/mol. The summed E-state index contributed by atoms with van der Waals surface area (Å²) in [6, 6.07) is 1.12. The van der Waals surface area contributed by atoms with E-state index in [9.17, 15) is 4.79 Å². The van der Waals surface area contributed by atoms with Crippen molar-refractivity contribution in [3.05, 3.63) is 0 Å². The maximum absolute atomic E-state index is 12.2. The molecule has 0 spiro atoms. The summed E-state index contributed by atoms with van der Waals surface area (Å²) in [5, 5.41) is 0. The van der Waals surface area contributed by atoms with Gasteiger partial charge in [-0.2, -0.15) is 0 Å². The molecule has 1 atom stereocenters. The molecule has 1 rings (SSSR count). The van der Waals surface area contributed by atoms with Gasteiger partial charge in [0.2, 0.25) is 0 Å². The molecular weight excluding hydrogens is 258 g/mol. The van der Waals surface area contributed by atoms with E-state index < -0.39 is 0 Å². The number of carbonyl (C=O) groups is 1. The molecule has 4 nitrogen and oxygen atoms in total. The van der Waals surface area contributed by atoms with E-state index in [-0.39, 0.29) is 17.7 Å². The summed E-state index contributed by atoms with van der Waals surface area (Å²) < 4.78 is 11.2. The highest BCUT2D eigenvalue weighted by Gasteiger charge is 2.32. The molecule has 1 unspecified atom stereocenters. The monoisotopic (exact) mass is 284 g/mol. The van der Waals surface area contributed by atoms with Crippen LogP contribution in [0.4, 0.5) is 4.79 Å². The Morgan fingerprint density at radius 3 is 2.84 bits per heavy atom. The van der Waals surface area contributed by atoms with Crippen LogP contribution in [0.2, 0.25) is 6.04 Å². The molecule has 0 aromatic heterocycles. The minimum atomic E-state index is -0.388. The van der Waals surface area contributed by atoms with Gasteiger partial charge in [-0.1, -0.05) is 13.0 Å². The van der Waals surface area contributed by atoms with Crippen LogP contribution in [0, 0.1) is 0 Å². The zero-order chi connectivity index (χ0) is 14.3. The van der Waals surface area contributed by atoms with Crippen molar-refractivity contribution < 1.29 is 14.3 Å². The molecule has 3 radical (unpaired) electrons. The van der Waals surface area contributed by atoms with Crippen LogP contribution in [0.25, 0.3) is 0 Å². The molecule has 109 valence electrons. The third-order valence-electron chi connectivity index (χ3n) is 3.60. The van der Waals surface area contributed by atoms with Gasteiger partial charge >= 0.3 is 6.09 Å². The van der Waals surface area contributed by atoms with E-state index in [4.69, 9.17) is 9.47 Å². The summed E-state index contributed by atoms with van der Waals surface area (Å²) in [6.45, 7) is 8.06. The number of hydrogen-bond acceptors (Lipinski definition) is 3. The fraction of sp³-hybridized carbons (Fsp3) is 0.929. The van der Waals surface area contributed by atoms with Crippen LogP contribution in [0.15, 0.2) is 0 Å². The van der Waals surface area contributed by atoms with Crippen molar-refractivity contribution in [3.63, 3.8) is 0 Å². The Kier molecular flexibility index (Phi) is 6.86. The molecule has 0 aromatic carbocycles. The van der Waals surface area contributed by atoms with E-state index in [2.05, 4.69) is 10.2 Å². The van der Waals surface area contributed by atoms with E-state index in [1.165, 1.54) is 0 Å². The molecule has 0 aliphatic carbocycles. The summed E-state index contributed by atoms with van der Waals surface area (Å²) in [5.41, 5.74) is -0.388. The Labute approximate surface area is 120 Å². The standard InChI is InChI=1S/C14H26NO3Si/c1-4-14(2,3)18-13(16)15-8-5-7-12(15)11-17-9-6-10-19/h12H,4-11H2,1-3H3. The van der Waals surface area contributed by atoms with Crippen molar-refractivity contribution in [2.75, 3.05) is 19.8 Å². The van der Waals surface area contributed by atoms with Crippen LogP contribution >= 0.6 is 0 Å². The molecule has 0 saturated carbocycles. The lowest BCUT2D eigenvalue weighted by Gasteiger charge is -2.30. The Morgan fingerprint density at radius 2 is 2.21 bits per heavy atom. The number of ether oxygens (including phenoxy) is 2. The number of likely N-dealkylation sites (tertiary alicyclic amines) is 1. The van der Waals surface area contributed by atoms with Gasteiger partial charge < -0.3 is 14.4 Å². The van der Waals surface area contributed by atoms with Crippen molar-refractivity contribution in [1.82, 2.24) is 4.90 Å². The first kappa shape index (κ1) is 16.5. The highest BCUT2D eigenvalue weighted by atomic mass is 28.1. The fourth-order valence-corrected chi connectivity index (χ4v) is 2.15. The third-order valence-corrected chi connectivity index (χ3v) is 3.96. The minimum absolute atomic E-state index is 0.176. The predicted molar refractivity (Wildman–Crippen MR) is 76.6 cm³/mol. The zero-order valence-electron chi connectivity index (χ0n) is 12.4.